The zero-order valence-corrected chi connectivity index (χ0v) is 11.9. The highest BCUT2D eigenvalue weighted by Crippen LogP contribution is 2.24. The Hall–Kier alpha value is -1.84. The van der Waals surface area contributed by atoms with E-state index in [0.717, 1.165) is 17.8 Å². The number of nitrogens with one attached hydrogen (secondary N) is 1. The van der Waals surface area contributed by atoms with E-state index in [2.05, 4.69) is 67.8 Å². The SMILES string of the molecule is CC1=CC2=[N+]([B]CC(C)=N2)/C1=C\c1cc(C)c(C)[nH]1. The first-order valence-electron chi connectivity index (χ1n) is 6.65. The van der Waals surface area contributed by atoms with Crippen LogP contribution in [0, 0.1) is 13.8 Å². The minimum atomic E-state index is 0.921. The Morgan fingerprint density at radius 2 is 2.11 bits per heavy atom. The number of amidine groups is 1. The molecule has 1 aromatic heterocycles. The fourth-order valence-electron chi connectivity index (χ4n) is 2.49. The average molecular weight is 251 g/mol. The predicted molar refractivity (Wildman–Crippen MR) is 80.9 cm³/mol. The van der Waals surface area contributed by atoms with Crippen LogP contribution in [-0.4, -0.2) is 28.4 Å². The van der Waals surface area contributed by atoms with Gasteiger partial charge in [0.05, 0.1) is 0 Å². The minimum Gasteiger partial charge on any atom is -0.359 e. The molecule has 0 fully saturated rings. The third-order valence-corrected chi connectivity index (χ3v) is 3.72. The van der Waals surface area contributed by atoms with Crippen molar-refractivity contribution < 1.29 is 4.49 Å². The number of hydrogen-bond donors (Lipinski definition) is 1. The summed E-state index contributed by atoms with van der Waals surface area (Å²) in [6.07, 6.45) is 5.27. The van der Waals surface area contributed by atoms with Gasteiger partial charge >= 0.3 is 13.3 Å². The van der Waals surface area contributed by atoms with Crippen LogP contribution in [-0.2, 0) is 0 Å². The average Bonchev–Trinajstić information content (AvgIpc) is 2.81. The Kier molecular flexibility index (Phi) is 2.81. The van der Waals surface area contributed by atoms with E-state index in [1.54, 1.807) is 0 Å². The van der Waals surface area contributed by atoms with E-state index in [0.29, 0.717) is 0 Å². The molecule has 1 N–H and O–H groups in total. The summed E-state index contributed by atoms with van der Waals surface area (Å²) in [7, 11) is 2.21. The second kappa shape index (κ2) is 4.37. The number of aromatic nitrogens is 1. The van der Waals surface area contributed by atoms with Crippen LogP contribution in [0.5, 0.6) is 0 Å². The normalized spacial score (nSPS) is 20.3. The first-order chi connectivity index (χ1) is 9.04. The molecule has 2 aliphatic heterocycles. The maximum Gasteiger partial charge on any atom is 0.406 e. The molecule has 1 aromatic rings. The molecule has 0 amide bonds. The molecule has 4 heteroatoms. The van der Waals surface area contributed by atoms with E-state index in [1.165, 1.54) is 28.2 Å². The standard InChI is InChI=1S/C15H18BN3/c1-9-5-13(18-12(9)4)7-14-10(2)6-15-17-11(3)8-16-19(14)15/h5-7,18H,8H2,1-4H3/q+1. The molecule has 0 bridgehead atoms. The molecular weight excluding hydrogens is 233 g/mol. The fourth-order valence-corrected chi connectivity index (χ4v) is 2.49. The smallest absolute Gasteiger partial charge is 0.359 e. The van der Waals surface area contributed by atoms with Crippen molar-refractivity contribution in [2.75, 3.05) is 0 Å². The topological polar surface area (TPSA) is 31.2 Å². The zero-order chi connectivity index (χ0) is 13.6. The molecule has 95 valence electrons. The van der Waals surface area contributed by atoms with Gasteiger partial charge in [0.2, 0.25) is 0 Å². The Labute approximate surface area is 114 Å². The van der Waals surface area contributed by atoms with Crippen molar-refractivity contribution in [3.63, 3.8) is 0 Å². The van der Waals surface area contributed by atoms with Crippen molar-refractivity contribution in [2.45, 2.75) is 34.0 Å². The van der Waals surface area contributed by atoms with E-state index in [1.807, 2.05) is 0 Å². The zero-order valence-electron chi connectivity index (χ0n) is 11.9. The van der Waals surface area contributed by atoms with E-state index in [9.17, 15) is 0 Å². The summed E-state index contributed by atoms with van der Waals surface area (Å²) in [5.74, 6) is 1.03. The lowest BCUT2D eigenvalue weighted by molar-refractivity contribution is -0.311. The van der Waals surface area contributed by atoms with Gasteiger partial charge in [0.1, 0.15) is 11.4 Å². The van der Waals surface area contributed by atoms with Gasteiger partial charge in [-0.1, -0.05) is 4.99 Å². The van der Waals surface area contributed by atoms with Crippen molar-refractivity contribution in [3.8, 4) is 0 Å². The molecule has 1 radical (unpaired) electrons. The van der Waals surface area contributed by atoms with Gasteiger partial charge in [-0.15, -0.1) is 0 Å². The Bertz CT molecular complexity index is 652. The molecule has 0 spiro atoms. The molecule has 0 unspecified atom stereocenters. The summed E-state index contributed by atoms with van der Waals surface area (Å²) in [5.41, 5.74) is 7.32. The number of aliphatic imine (C=N–C) groups is 1. The third-order valence-electron chi connectivity index (χ3n) is 3.72. The van der Waals surface area contributed by atoms with Gasteiger partial charge in [-0.25, -0.2) is 0 Å². The molecule has 0 aromatic carbocycles. The van der Waals surface area contributed by atoms with Crippen molar-refractivity contribution in [2.24, 2.45) is 4.99 Å². The summed E-state index contributed by atoms with van der Waals surface area (Å²) in [5, 5.41) is 0. The van der Waals surface area contributed by atoms with Gasteiger partial charge < -0.3 is 4.98 Å². The quantitative estimate of drug-likeness (QED) is 0.744. The molecule has 0 saturated carbocycles. The van der Waals surface area contributed by atoms with Crippen LogP contribution in [0.15, 0.2) is 28.4 Å². The molecule has 0 saturated heterocycles. The number of rotatable bonds is 1. The molecule has 0 atom stereocenters. The number of aromatic amines is 1. The largest absolute Gasteiger partial charge is 0.406 e. The Morgan fingerprint density at radius 3 is 2.79 bits per heavy atom. The maximum absolute atomic E-state index is 4.61. The van der Waals surface area contributed by atoms with Crippen molar-refractivity contribution in [3.05, 3.63) is 40.4 Å². The van der Waals surface area contributed by atoms with Crippen LogP contribution < -0.4 is 0 Å². The number of allylic oxidation sites excluding steroid dienone is 1. The molecule has 3 rings (SSSR count). The van der Waals surface area contributed by atoms with E-state index >= 15 is 0 Å². The van der Waals surface area contributed by atoms with E-state index in [4.69, 9.17) is 0 Å². The van der Waals surface area contributed by atoms with Crippen LogP contribution in [0.2, 0.25) is 6.32 Å². The lowest BCUT2D eigenvalue weighted by Crippen LogP contribution is -2.25. The molecule has 3 nitrogen and oxygen atoms in total. The van der Waals surface area contributed by atoms with Crippen LogP contribution in [0.3, 0.4) is 0 Å². The highest BCUT2D eigenvalue weighted by Gasteiger charge is 2.30. The summed E-state index contributed by atoms with van der Waals surface area (Å²) in [6.45, 7) is 8.44. The van der Waals surface area contributed by atoms with Gasteiger partial charge in [-0.2, -0.15) is 0 Å². The Morgan fingerprint density at radius 1 is 1.32 bits per heavy atom. The monoisotopic (exact) mass is 251 g/mol. The lowest BCUT2D eigenvalue weighted by Gasteiger charge is -2.07. The number of H-pyrrole nitrogens is 1. The minimum absolute atomic E-state index is 0.921. The number of hydrogen-bond acceptors (Lipinski definition) is 1. The van der Waals surface area contributed by atoms with Crippen LogP contribution in [0.1, 0.15) is 30.8 Å². The molecule has 0 aliphatic carbocycles. The van der Waals surface area contributed by atoms with Crippen LogP contribution in [0.25, 0.3) is 6.08 Å². The van der Waals surface area contributed by atoms with Crippen molar-refractivity contribution in [1.29, 1.82) is 0 Å². The summed E-state index contributed by atoms with van der Waals surface area (Å²) >= 11 is 0. The van der Waals surface area contributed by atoms with Crippen LogP contribution >= 0.6 is 0 Å². The van der Waals surface area contributed by atoms with Gasteiger partial charge in [-0.05, 0) is 39.3 Å². The highest BCUT2D eigenvalue weighted by atomic mass is 15.1. The fraction of sp³-hybridized carbons (Fsp3) is 0.333. The highest BCUT2D eigenvalue weighted by molar-refractivity contribution is 6.38. The lowest BCUT2D eigenvalue weighted by atomic mass is 9.83. The maximum atomic E-state index is 4.61. The molecular formula is C15H18BN3+. The van der Waals surface area contributed by atoms with Gasteiger partial charge in [-0.3, -0.25) is 4.49 Å². The third kappa shape index (κ3) is 2.11. The Balaban J connectivity index is 2.03. The number of aryl methyl sites for hydroxylation is 2. The first-order valence-corrected chi connectivity index (χ1v) is 6.65. The van der Waals surface area contributed by atoms with Gasteiger partial charge in [0.25, 0.3) is 0 Å². The molecule has 19 heavy (non-hydrogen) atoms. The first kappa shape index (κ1) is 12.2. The summed E-state index contributed by atoms with van der Waals surface area (Å²) in [4.78, 5) is 8.02. The molecule has 3 heterocycles. The predicted octanol–water partition coefficient (Wildman–Crippen LogP) is 2.86. The van der Waals surface area contributed by atoms with Gasteiger partial charge in [0, 0.05) is 35.4 Å². The molecule has 2 aliphatic rings. The summed E-state index contributed by atoms with van der Waals surface area (Å²) < 4.78 is 2.19. The van der Waals surface area contributed by atoms with Crippen molar-refractivity contribution >= 4 is 25.0 Å². The second-order valence-corrected chi connectivity index (χ2v) is 5.35. The second-order valence-electron chi connectivity index (χ2n) is 5.35. The van der Waals surface area contributed by atoms with Crippen LogP contribution in [0.4, 0.5) is 0 Å². The number of nitrogens with zero attached hydrogens (tertiary/aromatic N) is 2. The van der Waals surface area contributed by atoms with Gasteiger partial charge in [0.15, 0.2) is 0 Å². The van der Waals surface area contributed by atoms with E-state index < -0.39 is 0 Å². The van der Waals surface area contributed by atoms with Crippen molar-refractivity contribution in [1.82, 2.24) is 4.98 Å². The van der Waals surface area contributed by atoms with E-state index in [-0.39, 0.29) is 0 Å². The summed E-state index contributed by atoms with van der Waals surface area (Å²) in [6, 6.07) is 2.19.